The molecule has 0 radical (unpaired) electrons. The lowest BCUT2D eigenvalue weighted by Crippen LogP contribution is -2.35. The van der Waals surface area contributed by atoms with E-state index >= 15 is 0 Å². The Morgan fingerprint density at radius 2 is 2.03 bits per heavy atom. The minimum atomic E-state index is 0.0171. The molecule has 1 fully saturated rings. The average molecular weight is 523 g/mol. The van der Waals surface area contributed by atoms with Gasteiger partial charge in [0.25, 0.3) is 0 Å². The number of carbonyl (C=O) groups is 1. The number of amides is 1. The lowest BCUT2D eigenvalue weighted by molar-refractivity contribution is -0.132. The second-order valence-corrected chi connectivity index (χ2v) is 10.7. The predicted molar refractivity (Wildman–Crippen MR) is 145 cm³/mol. The van der Waals surface area contributed by atoms with Gasteiger partial charge in [0.1, 0.15) is 13.2 Å². The molecule has 0 aliphatic carbocycles. The van der Waals surface area contributed by atoms with Crippen LogP contribution in [0.25, 0.3) is 11.1 Å². The van der Waals surface area contributed by atoms with E-state index in [9.17, 15) is 4.79 Å². The summed E-state index contributed by atoms with van der Waals surface area (Å²) in [5.41, 5.74) is 4.82. The Labute approximate surface area is 223 Å². The molecule has 3 heterocycles. The van der Waals surface area contributed by atoms with Gasteiger partial charge in [-0.25, -0.2) is 0 Å². The second kappa shape index (κ2) is 11.2. The van der Waals surface area contributed by atoms with E-state index in [1.54, 1.807) is 4.68 Å². The van der Waals surface area contributed by atoms with Gasteiger partial charge in [-0.05, 0) is 81.7 Å². The zero-order valence-corrected chi connectivity index (χ0v) is 22.6. The molecular formula is C29H35ClN4O3. The van der Waals surface area contributed by atoms with Gasteiger partial charge in [0.2, 0.25) is 5.91 Å². The first-order valence-corrected chi connectivity index (χ1v) is 13.4. The molecule has 0 N–H and O–H groups in total. The van der Waals surface area contributed by atoms with E-state index < -0.39 is 0 Å². The molecule has 2 aromatic carbocycles. The van der Waals surface area contributed by atoms with Crippen molar-refractivity contribution >= 4 is 17.5 Å². The van der Waals surface area contributed by atoms with E-state index in [0.717, 1.165) is 59.1 Å². The van der Waals surface area contributed by atoms with Crippen molar-refractivity contribution in [2.24, 2.45) is 5.92 Å². The van der Waals surface area contributed by atoms with Crippen molar-refractivity contribution in [3.8, 4) is 22.6 Å². The summed E-state index contributed by atoms with van der Waals surface area (Å²) in [4.78, 5) is 17.5. The van der Waals surface area contributed by atoms with Gasteiger partial charge < -0.3 is 19.3 Å². The number of fused-ring (bicyclic) bond motifs is 1. The van der Waals surface area contributed by atoms with Gasteiger partial charge in [-0.3, -0.25) is 9.48 Å². The number of halogens is 1. The van der Waals surface area contributed by atoms with Crippen molar-refractivity contribution in [2.75, 3.05) is 39.9 Å². The van der Waals surface area contributed by atoms with Crippen molar-refractivity contribution in [2.45, 2.75) is 39.8 Å². The number of rotatable bonds is 6. The molecule has 0 unspecified atom stereocenters. The van der Waals surface area contributed by atoms with Crippen LogP contribution in [0, 0.1) is 19.8 Å². The van der Waals surface area contributed by atoms with Gasteiger partial charge >= 0.3 is 0 Å². The number of carbonyl (C=O) groups excluding carboxylic acids is 1. The normalized spacial score (nSPS) is 18.2. The fourth-order valence-corrected chi connectivity index (χ4v) is 5.51. The minimum absolute atomic E-state index is 0.0171. The summed E-state index contributed by atoms with van der Waals surface area (Å²) in [5.74, 6) is 1.96. The molecule has 0 spiro atoms. The van der Waals surface area contributed by atoms with Crippen LogP contribution < -0.4 is 9.47 Å². The molecular weight excluding hydrogens is 488 g/mol. The number of likely N-dealkylation sites (tertiary alicyclic amines) is 1. The Morgan fingerprint density at radius 1 is 1.16 bits per heavy atom. The molecule has 3 aromatic rings. The van der Waals surface area contributed by atoms with Crippen LogP contribution in [-0.2, 0) is 17.9 Å². The maximum Gasteiger partial charge on any atom is 0.244 e. The molecule has 37 heavy (non-hydrogen) atoms. The highest BCUT2D eigenvalue weighted by Gasteiger charge is 2.25. The summed E-state index contributed by atoms with van der Waals surface area (Å²) >= 11 is 6.31. The van der Waals surface area contributed by atoms with Crippen molar-refractivity contribution in [1.82, 2.24) is 19.6 Å². The monoisotopic (exact) mass is 522 g/mol. The standard InChI is InChI=1S/C29H35ClN4O3/c1-20-12-21(2)34(31-20)18-28(35)33-10-11-36-29-25(17-33)13-24(23-7-4-8-26(30)14-23)15-27(29)37-19-22-6-5-9-32(3)16-22/h4,7-8,12-15,22H,5-6,9-11,16-19H2,1-3H3/t22-/m1/s1. The smallest absolute Gasteiger partial charge is 0.244 e. The summed E-state index contributed by atoms with van der Waals surface area (Å²) in [5, 5.41) is 5.14. The number of piperidine rings is 1. The second-order valence-electron chi connectivity index (χ2n) is 10.3. The zero-order chi connectivity index (χ0) is 25.9. The number of aryl methyl sites for hydroxylation is 2. The van der Waals surface area contributed by atoms with Crippen molar-refractivity contribution in [3.05, 3.63) is 64.4 Å². The maximum absolute atomic E-state index is 13.3. The van der Waals surface area contributed by atoms with E-state index in [1.165, 1.54) is 6.42 Å². The summed E-state index contributed by atoms with van der Waals surface area (Å²) in [6.45, 7) is 8.30. The van der Waals surface area contributed by atoms with Crippen LogP contribution in [0.5, 0.6) is 11.5 Å². The first-order chi connectivity index (χ1) is 17.9. The molecule has 8 heteroatoms. The molecule has 1 aromatic heterocycles. The zero-order valence-electron chi connectivity index (χ0n) is 21.9. The van der Waals surface area contributed by atoms with Crippen molar-refractivity contribution in [3.63, 3.8) is 0 Å². The minimum Gasteiger partial charge on any atom is -0.489 e. The Hall–Kier alpha value is -3.03. The molecule has 196 valence electrons. The van der Waals surface area contributed by atoms with Gasteiger partial charge in [0, 0.05) is 35.3 Å². The first kappa shape index (κ1) is 25.6. The van der Waals surface area contributed by atoms with Crippen LogP contribution in [0.4, 0.5) is 0 Å². The van der Waals surface area contributed by atoms with Crippen LogP contribution in [0.2, 0.25) is 5.02 Å². The summed E-state index contributed by atoms with van der Waals surface area (Å²) < 4.78 is 14.5. The molecule has 0 bridgehead atoms. The molecule has 2 aliphatic rings. The van der Waals surface area contributed by atoms with E-state index in [-0.39, 0.29) is 12.5 Å². The third kappa shape index (κ3) is 6.11. The largest absolute Gasteiger partial charge is 0.489 e. The van der Waals surface area contributed by atoms with Gasteiger partial charge in [0.05, 0.1) is 18.8 Å². The number of nitrogens with zero attached hydrogens (tertiary/aromatic N) is 4. The van der Waals surface area contributed by atoms with Crippen LogP contribution >= 0.6 is 11.6 Å². The Bertz CT molecular complexity index is 1270. The molecule has 1 saturated heterocycles. The van der Waals surface area contributed by atoms with Gasteiger partial charge in [-0.1, -0.05) is 23.7 Å². The average Bonchev–Trinajstić information content (AvgIpc) is 3.05. The topological polar surface area (TPSA) is 59.8 Å². The lowest BCUT2D eigenvalue weighted by atomic mass is 9.99. The third-order valence-corrected chi connectivity index (χ3v) is 7.43. The fourth-order valence-electron chi connectivity index (χ4n) is 5.32. The highest BCUT2D eigenvalue weighted by molar-refractivity contribution is 6.30. The summed E-state index contributed by atoms with van der Waals surface area (Å²) in [6.07, 6.45) is 2.35. The molecule has 7 nitrogen and oxygen atoms in total. The summed E-state index contributed by atoms with van der Waals surface area (Å²) in [7, 11) is 2.17. The van der Waals surface area contributed by atoms with Gasteiger partial charge in [0.15, 0.2) is 11.5 Å². The highest BCUT2D eigenvalue weighted by Crippen LogP contribution is 2.39. The third-order valence-electron chi connectivity index (χ3n) is 7.20. The van der Waals surface area contributed by atoms with E-state index in [4.69, 9.17) is 21.1 Å². The number of hydrogen-bond donors (Lipinski definition) is 0. The molecule has 0 saturated carbocycles. The van der Waals surface area contributed by atoms with Gasteiger partial charge in [-0.15, -0.1) is 0 Å². The number of aromatic nitrogens is 2. The quantitative estimate of drug-likeness (QED) is 0.458. The molecule has 5 rings (SSSR count). The Morgan fingerprint density at radius 3 is 2.78 bits per heavy atom. The fraction of sp³-hybridized carbons (Fsp3) is 0.448. The Kier molecular flexibility index (Phi) is 7.72. The van der Waals surface area contributed by atoms with Gasteiger partial charge in [-0.2, -0.15) is 5.10 Å². The lowest BCUT2D eigenvalue weighted by Gasteiger charge is -2.29. The van der Waals surface area contributed by atoms with Crippen LogP contribution in [0.1, 0.15) is 29.8 Å². The van der Waals surface area contributed by atoms with Crippen LogP contribution in [0.3, 0.4) is 0 Å². The highest BCUT2D eigenvalue weighted by atomic mass is 35.5. The number of ether oxygens (including phenoxy) is 2. The maximum atomic E-state index is 13.3. The molecule has 1 atom stereocenters. The van der Waals surface area contributed by atoms with E-state index in [0.29, 0.717) is 37.2 Å². The Balaban J connectivity index is 1.43. The first-order valence-electron chi connectivity index (χ1n) is 13.0. The SMILES string of the molecule is Cc1cc(C)n(CC(=O)N2CCOc3c(cc(-c4cccc(Cl)c4)cc3OC[C@@H]3CCCN(C)C3)C2)n1. The van der Waals surface area contributed by atoms with Crippen molar-refractivity contribution in [1.29, 1.82) is 0 Å². The summed E-state index contributed by atoms with van der Waals surface area (Å²) in [6, 6.07) is 13.9. The molecule has 2 aliphatic heterocycles. The number of hydrogen-bond acceptors (Lipinski definition) is 5. The van der Waals surface area contributed by atoms with E-state index in [1.807, 2.05) is 55.1 Å². The van der Waals surface area contributed by atoms with Crippen LogP contribution in [0.15, 0.2) is 42.5 Å². The molecule has 1 amide bonds. The van der Waals surface area contributed by atoms with Crippen molar-refractivity contribution < 1.29 is 14.3 Å². The van der Waals surface area contributed by atoms with Crippen LogP contribution in [-0.4, -0.2) is 65.4 Å². The predicted octanol–water partition coefficient (Wildman–Crippen LogP) is 4.96. The van der Waals surface area contributed by atoms with E-state index in [2.05, 4.69) is 23.1 Å². The number of benzene rings is 2.